The molecule has 2 fully saturated rings. The summed E-state index contributed by atoms with van der Waals surface area (Å²) in [5.41, 5.74) is 0.259. The Morgan fingerprint density at radius 2 is 2.03 bits per heavy atom. The minimum atomic E-state index is -2.35. The van der Waals surface area contributed by atoms with Crippen LogP contribution in [-0.4, -0.2) is 63.9 Å². The molecule has 9 nitrogen and oxygen atoms in total. The number of rotatable bonds is 9. The van der Waals surface area contributed by atoms with E-state index >= 15 is 0 Å². The van der Waals surface area contributed by atoms with Gasteiger partial charge in [0.1, 0.15) is 36.3 Å². The van der Waals surface area contributed by atoms with Crippen molar-refractivity contribution >= 4 is 37.6 Å². The van der Waals surface area contributed by atoms with E-state index in [1.165, 1.54) is 22.1 Å². The van der Waals surface area contributed by atoms with Crippen molar-refractivity contribution in [3.63, 3.8) is 0 Å². The molecule has 0 amide bonds. The molecule has 1 saturated heterocycles. The highest BCUT2D eigenvalue weighted by Crippen LogP contribution is 2.55. The third kappa shape index (κ3) is 7.39. The van der Waals surface area contributed by atoms with Gasteiger partial charge in [0.25, 0.3) is 5.56 Å². The van der Waals surface area contributed by atoms with Gasteiger partial charge in [-0.1, -0.05) is 32.9 Å². The number of hydrogen-bond donors (Lipinski definition) is 3. The molecule has 3 N–H and O–H groups in total. The average Bonchev–Trinajstić information content (AvgIpc) is 3.10. The Labute approximate surface area is 242 Å². The lowest BCUT2D eigenvalue weighted by molar-refractivity contribution is -0.0499. The van der Waals surface area contributed by atoms with E-state index in [1.54, 1.807) is 6.92 Å². The van der Waals surface area contributed by atoms with E-state index in [0.717, 1.165) is 18.4 Å². The molecule has 0 aromatic carbocycles. The van der Waals surface area contributed by atoms with Gasteiger partial charge in [-0.3, -0.25) is 14.3 Å². The van der Waals surface area contributed by atoms with Gasteiger partial charge in [-0.25, -0.2) is 4.79 Å². The summed E-state index contributed by atoms with van der Waals surface area (Å²) in [7, 11) is -2.35. The van der Waals surface area contributed by atoms with Crippen molar-refractivity contribution in [2.45, 2.75) is 114 Å². The first kappa shape index (κ1) is 32.8. The van der Waals surface area contributed by atoms with Crippen molar-refractivity contribution in [1.82, 2.24) is 9.55 Å². The van der Waals surface area contributed by atoms with E-state index in [1.807, 2.05) is 13.8 Å². The van der Waals surface area contributed by atoms with Crippen LogP contribution in [0.15, 0.2) is 27.9 Å². The lowest BCUT2D eigenvalue weighted by Gasteiger charge is -2.39. The van der Waals surface area contributed by atoms with Crippen molar-refractivity contribution in [1.29, 1.82) is 0 Å². The maximum atomic E-state index is 12.6. The zero-order chi connectivity index (χ0) is 29.5. The second-order valence-corrected chi connectivity index (χ2v) is 22.4. The summed E-state index contributed by atoms with van der Waals surface area (Å²) in [5.74, 6) is 0.310. The number of aryl methyl sites for hydroxylation is 1. The highest BCUT2D eigenvalue weighted by atomic mass is 32.9. The summed E-state index contributed by atoms with van der Waals surface area (Å²) in [4.78, 5) is 26.8. The van der Waals surface area contributed by atoms with E-state index in [0.29, 0.717) is 17.9 Å². The van der Waals surface area contributed by atoms with Gasteiger partial charge in [0, 0.05) is 11.8 Å². The number of aromatic nitrogens is 2. The lowest BCUT2D eigenvalue weighted by atomic mass is 9.77. The zero-order valence-electron chi connectivity index (χ0n) is 24.2. The van der Waals surface area contributed by atoms with Crippen LogP contribution in [0.1, 0.15) is 65.7 Å². The Morgan fingerprint density at radius 3 is 2.59 bits per heavy atom. The number of nitrogens with zero attached hydrogens (tertiary/aromatic N) is 1. The van der Waals surface area contributed by atoms with Gasteiger partial charge < -0.3 is 19.4 Å². The molecule has 0 spiro atoms. The number of allylic oxidation sites excluding steroid dienone is 1. The van der Waals surface area contributed by atoms with Crippen LogP contribution in [0.2, 0.25) is 18.1 Å². The maximum Gasteiger partial charge on any atom is 0.415 e. The van der Waals surface area contributed by atoms with Crippen molar-refractivity contribution in [3.05, 3.63) is 44.8 Å². The van der Waals surface area contributed by atoms with E-state index < -0.39 is 61.1 Å². The van der Waals surface area contributed by atoms with Crippen LogP contribution in [0, 0.1) is 12.8 Å². The minimum Gasteiger partial charge on any atom is -0.408 e. The second kappa shape index (κ2) is 12.3. The number of aliphatic hydroxyl groups is 2. The zero-order valence-corrected chi connectivity index (χ0v) is 27.8. The Hall–Kier alpha value is -0.693. The Morgan fingerprint density at radius 1 is 1.38 bits per heavy atom. The fourth-order valence-electron chi connectivity index (χ4n) is 4.67. The Balaban J connectivity index is 1.78. The molecule has 1 saturated carbocycles. The quantitative estimate of drug-likeness (QED) is 0.208. The largest absolute Gasteiger partial charge is 0.415 e. The van der Waals surface area contributed by atoms with Crippen LogP contribution in [0.25, 0.3) is 0 Å². The topological polar surface area (TPSA) is 123 Å². The molecule has 220 valence electrons. The molecular weight excluding hydrogens is 575 g/mol. The van der Waals surface area contributed by atoms with Gasteiger partial charge in [0.2, 0.25) is 11.8 Å². The molecule has 8 atom stereocenters. The standard InChI is InChI=1S/C26H43N2O7PS2Si/c1-15(2)17-10-11-26(7,19(29)12-17)38-36(37)33-14-18-21(35-39(8,9)25(4,5)6)20(30)23(34-18)28-13-16(3)22(31)27-24(28)32/h13,17-21,23,29-30H,1,10-12,14H2,2-9H3/p+1/t17-,18-,19+,20-,21?,23-,26+/m1/s1. The fourth-order valence-corrected chi connectivity index (χ4v) is 10.8. The molecule has 0 radical (unpaired) electrons. The number of H-pyrrole nitrogens is 1. The van der Waals surface area contributed by atoms with E-state index in [-0.39, 0.29) is 11.6 Å². The molecule has 1 aliphatic heterocycles. The summed E-state index contributed by atoms with van der Waals surface area (Å²) in [6.45, 7) is 20.2. The summed E-state index contributed by atoms with van der Waals surface area (Å²) in [5, 5.41) is 22.1. The summed E-state index contributed by atoms with van der Waals surface area (Å²) >= 11 is 7.19. The van der Waals surface area contributed by atoms with Crippen LogP contribution in [0.4, 0.5) is 0 Å². The number of aliphatic hydroxyl groups excluding tert-OH is 2. The first-order valence-electron chi connectivity index (χ1n) is 13.3. The number of hydrogen-bond acceptors (Lipinski definition) is 9. The van der Waals surface area contributed by atoms with E-state index in [4.69, 9.17) is 25.5 Å². The van der Waals surface area contributed by atoms with Crippen LogP contribution < -0.4 is 11.2 Å². The van der Waals surface area contributed by atoms with Crippen LogP contribution in [0.3, 0.4) is 0 Å². The average molecular weight is 620 g/mol. The fraction of sp³-hybridized carbons (Fsp3) is 0.769. The predicted molar refractivity (Wildman–Crippen MR) is 162 cm³/mol. The highest BCUT2D eigenvalue weighted by molar-refractivity contribution is 8.63. The van der Waals surface area contributed by atoms with E-state index in [9.17, 15) is 19.8 Å². The Kier molecular flexibility index (Phi) is 10.3. The van der Waals surface area contributed by atoms with Crippen molar-refractivity contribution in [3.8, 4) is 0 Å². The minimum absolute atomic E-state index is 0.0622. The number of nitrogens with one attached hydrogen (secondary N) is 1. The van der Waals surface area contributed by atoms with Gasteiger partial charge >= 0.3 is 11.8 Å². The third-order valence-corrected chi connectivity index (χ3v) is 17.4. The van der Waals surface area contributed by atoms with Crippen molar-refractivity contribution in [2.75, 3.05) is 6.61 Å². The molecule has 0 bridgehead atoms. The van der Waals surface area contributed by atoms with Gasteiger partial charge in [-0.15, -0.1) is 0 Å². The lowest BCUT2D eigenvalue weighted by Crippen LogP contribution is -2.50. The normalized spacial score (nSPS) is 32.3. The number of ether oxygens (including phenoxy) is 1. The molecule has 1 aromatic rings. The van der Waals surface area contributed by atoms with Crippen LogP contribution in [0.5, 0.6) is 0 Å². The van der Waals surface area contributed by atoms with Crippen LogP contribution >= 0.6 is 17.5 Å². The monoisotopic (exact) mass is 619 g/mol. The molecule has 1 aromatic heterocycles. The first-order valence-corrected chi connectivity index (χ1v) is 19.9. The third-order valence-electron chi connectivity index (χ3n) is 8.49. The molecule has 2 aliphatic rings. The summed E-state index contributed by atoms with van der Waals surface area (Å²) in [6.07, 6.45) is -1.80. The summed E-state index contributed by atoms with van der Waals surface area (Å²) < 4.78 is 19.7. The second-order valence-electron chi connectivity index (χ2n) is 12.6. The molecule has 39 heavy (non-hydrogen) atoms. The van der Waals surface area contributed by atoms with Crippen molar-refractivity contribution < 1.29 is 23.9 Å². The number of aromatic amines is 1. The molecule has 13 heteroatoms. The van der Waals surface area contributed by atoms with Gasteiger partial charge in [0.05, 0.1) is 10.9 Å². The predicted octanol–water partition coefficient (Wildman–Crippen LogP) is 4.51. The SMILES string of the molecule is C=C(C)[C@@H]1CC[C@](C)(S[P+](=S)OC[C@H]2O[C@@H](n3cc(C)c(=O)[nH]c3=O)[C@H](O)C2O[Si](C)(C)C(C)(C)C)[C@@H](O)C1. The van der Waals surface area contributed by atoms with Crippen LogP contribution in [-0.2, 0) is 25.5 Å². The molecule has 1 aliphatic carbocycles. The highest BCUT2D eigenvalue weighted by Gasteiger charge is 2.52. The van der Waals surface area contributed by atoms with Gasteiger partial charge in [0.15, 0.2) is 14.5 Å². The maximum absolute atomic E-state index is 12.6. The molecule has 2 unspecified atom stereocenters. The summed E-state index contributed by atoms with van der Waals surface area (Å²) in [6, 6.07) is 0. The Bertz CT molecular complexity index is 1200. The molecular formula is C26H44N2O7PS2Si+. The molecule has 3 rings (SSSR count). The smallest absolute Gasteiger partial charge is 0.408 e. The van der Waals surface area contributed by atoms with Crippen molar-refractivity contribution in [2.24, 2.45) is 5.92 Å². The van der Waals surface area contributed by atoms with Gasteiger partial charge in [-0.05, 0) is 64.1 Å². The first-order chi connectivity index (χ1) is 17.9. The van der Waals surface area contributed by atoms with E-state index in [2.05, 4.69) is 45.4 Å². The van der Waals surface area contributed by atoms with Gasteiger partial charge in [-0.2, -0.15) is 4.52 Å². The molecule has 2 heterocycles.